The lowest BCUT2D eigenvalue weighted by atomic mass is 10.0. The number of rotatable bonds is 5. The zero-order valence-electron chi connectivity index (χ0n) is 12.2. The maximum Gasteiger partial charge on any atom is 0.188 e. The predicted molar refractivity (Wildman–Crippen MR) is 82.9 cm³/mol. The highest BCUT2D eigenvalue weighted by Gasteiger charge is 2.26. The van der Waals surface area contributed by atoms with Gasteiger partial charge in [-0.15, -0.1) is 16.4 Å². The van der Waals surface area contributed by atoms with Gasteiger partial charge in [0.15, 0.2) is 10.9 Å². The van der Waals surface area contributed by atoms with E-state index in [9.17, 15) is 5.26 Å². The average Bonchev–Trinajstić information content (AvgIpc) is 3.26. The van der Waals surface area contributed by atoms with Crippen LogP contribution >= 0.6 is 11.3 Å². The van der Waals surface area contributed by atoms with Crippen LogP contribution in [0.1, 0.15) is 55.1 Å². The van der Waals surface area contributed by atoms with Crippen molar-refractivity contribution >= 4 is 22.3 Å². The first-order chi connectivity index (χ1) is 10.3. The number of hydrogen-bond acceptors (Lipinski definition) is 6. The SMILES string of the molecule is CCc1nnc(Nc2nc(C3CC3)cs2)c(C#N)c1CC. The molecule has 1 N–H and O–H groups in total. The fraction of sp³-hybridized carbons (Fsp3) is 0.467. The van der Waals surface area contributed by atoms with Crippen LogP contribution in [0.3, 0.4) is 0 Å². The van der Waals surface area contributed by atoms with E-state index in [0.29, 0.717) is 17.3 Å². The van der Waals surface area contributed by atoms with Crippen molar-refractivity contribution in [2.45, 2.75) is 45.4 Å². The summed E-state index contributed by atoms with van der Waals surface area (Å²) >= 11 is 1.56. The predicted octanol–water partition coefficient (Wildman–Crippen LogP) is 3.55. The van der Waals surface area contributed by atoms with E-state index in [1.54, 1.807) is 11.3 Å². The van der Waals surface area contributed by atoms with Crippen LogP contribution in [0.5, 0.6) is 0 Å². The van der Waals surface area contributed by atoms with Crippen LogP contribution in [0.4, 0.5) is 10.9 Å². The van der Waals surface area contributed by atoms with E-state index in [1.807, 2.05) is 13.8 Å². The highest BCUT2D eigenvalue weighted by atomic mass is 32.1. The Hall–Kier alpha value is -2.00. The topological polar surface area (TPSA) is 74.5 Å². The molecule has 3 rings (SSSR count). The molecule has 2 aromatic rings. The molecule has 0 bridgehead atoms. The fourth-order valence-electron chi connectivity index (χ4n) is 2.39. The second kappa shape index (κ2) is 5.78. The third kappa shape index (κ3) is 2.74. The van der Waals surface area contributed by atoms with E-state index < -0.39 is 0 Å². The first kappa shape index (κ1) is 14.0. The number of aromatic nitrogens is 3. The molecule has 1 aliphatic rings. The van der Waals surface area contributed by atoms with E-state index in [4.69, 9.17) is 0 Å². The van der Waals surface area contributed by atoms with Crippen LogP contribution in [0, 0.1) is 11.3 Å². The summed E-state index contributed by atoms with van der Waals surface area (Å²) in [6.07, 6.45) is 4.03. The molecule has 1 aliphatic carbocycles. The van der Waals surface area contributed by atoms with Crippen molar-refractivity contribution in [3.63, 3.8) is 0 Å². The zero-order chi connectivity index (χ0) is 14.8. The standard InChI is InChI=1S/C15H17N5S/c1-3-10-11(7-16)14(20-19-12(10)4-2)18-15-17-13(8-21-15)9-5-6-9/h8-9H,3-6H2,1-2H3,(H,17,18,20). The Morgan fingerprint density at radius 3 is 2.76 bits per heavy atom. The lowest BCUT2D eigenvalue weighted by Crippen LogP contribution is -2.07. The van der Waals surface area contributed by atoms with Gasteiger partial charge in [0, 0.05) is 11.3 Å². The molecule has 5 nitrogen and oxygen atoms in total. The van der Waals surface area contributed by atoms with Gasteiger partial charge in [-0.2, -0.15) is 10.4 Å². The largest absolute Gasteiger partial charge is 0.314 e. The van der Waals surface area contributed by atoms with Gasteiger partial charge in [0.1, 0.15) is 11.6 Å². The summed E-state index contributed by atoms with van der Waals surface area (Å²) in [6.45, 7) is 4.07. The highest BCUT2D eigenvalue weighted by Crippen LogP contribution is 2.41. The number of nitrogens with one attached hydrogen (secondary N) is 1. The van der Waals surface area contributed by atoms with E-state index >= 15 is 0 Å². The third-order valence-corrected chi connectivity index (χ3v) is 4.48. The highest BCUT2D eigenvalue weighted by molar-refractivity contribution is 7.13. The molecule has 2 heterocycles. The molecule has 108 valence electrons. The second-order valence-electron chi connectivity index (χ2n) is 5.14. The van der Waals surface area contributed by atoms with E-state index in [2.05, 4.69) is 31.9 Å². The average molecular weight is 299 g/mol. The van der Waals surface area contributed by atoms with Crippen LogP contribution in [-0.2, 0) is 12.8 Å². The van der Waals surface area contributed by atoms with Crippen LogP contribution in [0.15, 0.2) is 5.38 Å². The summed E-state index contributed by atoms with van der Waals surface area (Å²) in [4.78, 5) is 4.57. The Morgan fingerprint density at radius 2 is 2.14 bits per heavy atom. The molecule has 0 spiro atoms. The number of hydrogen-bond donors (Lipinski definition) is 1. The number of nitrogens with zero attached hydrogens (tertiary/aromatic N) is 4. The van der Waals surface area contributed by atoms with Crippen LogP contribution in [-0.4, -0.2) is 15.2 Å². The molecule has 0 aromatic carbocycles. The number of thiazole rings is 1. The van der Waals surface area contributed by atoms with Crippen LogP contribution in [0.25, 0.3) is 0 Å². The minimum absolute atomic E-state index is 0.517. The Kier molecular flexibility index (Phi) is 3.84. The van der Waals surface area contributed by atoms with Crippen LogP contribution in [0.2, 0.25) is 0 Å². The summed E-state index contributed by atoms with van der Waals surface area (Å²) in [7, 11) is 0. The van der Waals surface area contributed by atoms with Crippen molar-refractivity contribution in [3.05, 3.63) is 27.9 Å². The molecule has 6 heteroatoms. The molecule has 0 aliphatic heterocycles. The minimum Gasteiger partial charge on any atom is -0.314 e. The van der Waals surface area contributed by atoms with Crippen molar-refractivity contribution in [1.82, 2.24) is 15.2 Å². The number of aryl methyl sites for hydroxylation is 1. The zero-order valence-corrected chi connectivity index (χ0v) is 13.0. The van der Waals surface area contributed by atoms with Gasteiger partial charge in [0.25, 0.3) is 0 Å². The van der Waals surface area contributed by atoms with Gasteiger partial charge in [0.2, 0.25) is 0 Å². The van der Waals surface area contributed by atoms with Gasteiger partial charge in [-0.1, -0.05) is 13.8 Å². The van der Waals surface area contributed by atoms with Crippen molar-refractivity contribution in [3.8, 4) is 6.07 Å². The Balaban J connectivity index is 1.92. The summed E-state index contributed by atoms with van der Waals surface area (Å²) in [5.74, 6) is 1.15. The van der Waals surface area contributed by atoms with Crippen molar-refractivity contribution in [1.29, 1.82) is 5.26 Å². The number of nitriles is 1. The van der Waals surface area contributed by atoms with Gasteiger partial charge in [-0.3, -0.25) is 0 Å². The molecule has 21 heavy (non-hydrogen) atoms. The first-order valence-electron chi connectivity index (χ1n) is 7.27. The minimum atomic E-state index is 0.517. The molecular weight excluding hydrogens is 282 g/mol. The fourth-order valence-corrected chi connectivity index (χ4v) is 3.18. The van der Waals surface area contributed by atoms with Gasteiger partial charge >= 0.3 is 0 Å². The maximum absolute atomic E-state index is 9.46. The molecule has 0 saturated heterocycles. The summed E-state index contributed by atoms with van der Waals surface area (Å²) in [5.41, 5.74) is 3.62. The lowest BCUT2D eigenvalue weighted by Gasteiger charge is -2.10. The molecule has 0 unspecified atom stereocenters. The molecule has 0 atom stereocenters. The van der Waals surface area contributed by atoms with Crippen molar-refractivity contribution in [2.24, 2.45) is 0 Å². The van der Waals surface area contributed by atoms with E-state index in [-0.39, 0.29) is 0 Å². The molecule has 1 saturated carbocycles. The van der Waals surface area contributed by atoms with Gasteiger partial charge in [-0.25, -0.2) is 4.98 Å². The Bertz CT molecular complexity index is 697. The lowest BCUT2D eigenvalue weighted by molar-refractivity contribution is 0.877. The van der Waals surface area contributed by atoms with Crippen molar-refractivity contribution < 1.29 is 0 Å². The maximum atomic E-state index is 9.46. The third-order valence-electron chi connectivity index (χ3n) is 3.70. The van der Waals surface area contributed by atoms with Gasteiger partial charge in [-0.05, 0) is 31.2 Å². The molecule has 2 aromatic heterocycles. The summed E-state index contributed by atoms with van der Waals surface area (Å²) in [6, 6.07) is 2.26. The first-order valence-corrected chi connectivity index (χ1v) is 8.15. The number of anilines is 2. The normalized spacial score (nSPS) is 14.0. The van der Waals surface area contributed by atoms with E-state index in [0.717, 1.165) is 34.9 Å². The van der Waals surface area contributed by atoms with Crippen molar-refractivity contribution in [2.75, 3.05) is 5.32 Å². The summed E-state index contributed by atoms with van der Waals surface area (Å²) in [5, 5.41) is 23.9. The smallest absolute Gasteiger partial charge is 0.188 e. The summed E-state index contributed by atoms with van der Waals surface area (Å²) < 4.78 is 0. The van der Waals surface area contributed by atoms with Crippen LogP contribution < -0.4 is 5.32 Å². The molecular formula is C15H17N5S. The molecule has 0 amide bonds. The Labute approximate surface area is 128 Å². The quantitative estimate of drug-likeness (QED) is 0.913. The molecule has 1 fully saturated rings. The van der Waals surface area contributed by atoms with Gasteiger partial charge in [0.05, 0.1) is 11.4 Å². The van der Waals surface area contributed by atoms with Gasteiger partial charge < -0.3 is 5.32 Å². The van der Waals surface area contributed by atoms with E-state index in [1.165, 1.54) is 12.8 Å². The molecule has 0 radical (unpaired) electrons. The second-order valence-corrected chi connectivity index (χ2v) is 6.00. The monoisotopic (exact) mass is 299 g/mol. The Morgan fingerprint density at radius 1 is 1.33 bits per heavy atom.